The summed E-state index contributed by atoms with van der Waals surface area (Å²) in [6.07, 6.45) is 2.30. The minimum atomic E-state index is -0.649. The van der Waals surface area contributed by atoms with Gasteiger partial charge in [0.25, 0.3) is 0 Å². The second-order valence-electron chi connectivity index (χ2n) is 4.38. The van der Waals surface area contributed by atoms with Gasteiger partial charge in [0, 0.05) is 12.5 Å². The van der Waals surface area contributed by atoms with Crippen molar-refractivity contribution in [2.45, 2.75) is 25.9 Å². The van der Waals surface area contributed by atoms with Gasteiger partial charge in [0.05, 0.1) is 12.8 Å². The van der Waals surface area contributed by atoms with Crippen LogP contribution in [0.3, 0.4) is 0 Å². The zero-order chi connectivity index (χ0) is 13.7. The highest BCUT2D eigenvalue weighted by atomic mass is 16.5. The Morgan fingerprint density at radius 2 is 1.84 bits per heavy atom. The van der Waals surface area contributed by atoms with E-state index in [0.29, 0.717) is 18.0 Å². The van der Waals surface area contributed by atoms with Gasteiger partial charge in [-0.3, -0.25) is 0 Å². The first-order valence-electron chi connectivity index (χ1n) is 6.34. The number of aryl methyl sites for hydroxylation is 1. The summed E-state index contributed by atoms with van der Waals surface area (Å²) in [6.45, 7) is 2.12. The molecule has 4 heteroatoms. The molecule has 0 saturated carbocycles. The molecule has 19 heavy (non-hydrogen) atoms. The van der Waals surface area contributed by atoms with E-state index in [-0.39, 0.29) is 0 Å². The Morgan fingerprint density at radius 3 is 2.47 bits per heavy atom. The quantitative estimate of drug-likeness (QED) is 0.894. The van der Waals surface area contributed by atoms with Crippen LogP contribution in [0.1, 0.15) is 29.8 Å². The lowest BCUT2D eigenvalue weighted by atomic mass is 10.0. The van der Waals surface area contributed by atoms with Crippen LogP contribution < -0.4 is 4.74 Å². The van der Waals surface area contributed by atoms with Crippen molar-refractivity contribution in [2.75, 3.05) is 7.11 Å². The predicted octanol–water partition coefficient (Wildman–Crippen LogP) is 2.32. The van der Waals surface area contributed by atoms with Crippen molar-refractivity contribution in [3.05, 3.63) is 53.5 Å². The minimum absolute atomic E-state index is 0.463. The molecular weight excluding hydrogens is 240 g/mol. The van der Waals surface area contributed by atoms with Crippen LogP contribution in [0.25, 0.3) is 0 Å². The average molecular weight is 258 g/mol. The molecule has 0 aliphatic heterocycles. The van der Waals surface area contributed by atoms with E-state index < -0.39 is 6.10 Å². The maximum atomic E-state index is 10.2. The van der Waals surface area contributed by atoms with E-state index in [1.807, 2.05) is 12.1 Å². The first-order valence-corrected chi connectivity index (χ1v) is 6.34. The van der Waals surface area contributed by atoms with Gasteiger partial charge < -0.3 is 9.84 Å². The van der Waals surface area contributed by atoms with Gasteiger partial charge in [0.15, 0.2) is 0 Å². The monoisotopic (exact) mass is 258 g/mol. The maximum absolute atomic E-state index is 10.2. The number of ether oxygens (including phenoxy) is 1. The molecule has 0 aliphatic rings. The van der Waals surface area contributed by atoms with Crippen molar-refractivity contribution < 1.29 is 9.84 Å². The number of aromatic nitrogens is 2. The molecular formula is C15H18N2O2. The minimum Gasteiger partial charge on any atom is -0.481 e. The van der Waals surface area contributed by atoms with Crippen LogP contribution in [0.2, 0.25) is 0 Å². The van der Waals surface area contributed by atoms with Crippen molar-refractivity contribution in [1.82, 2.24) is 9.97 Å². The first-order chi connectivity index (χ1) is 9.22. The van der Waals surface area contributed by atoms with Crippen LogP contribution in [0.5, 0.6) is 5.88 Å². The fraction of sp³-hybridized carbons (Fsp3) is 0.333. The Balaban J connectivity index is 2.08. The van der Waals surface area contributed by atoms with Gasteiger partial charge in [-0.25, -0.2) is 9.97 Å². The third kappa shape index (κ3) is 3.51. The lowest BCUT2D eigenvalue weighted by molar-refractivity contribution is 0.172. The van der Waals surface area contributed by atoms with E-state index in [0.717, 1.165) is 12.0 Å². The summed E-state index contributed by atoms with van der Waals surface area (Å²) in [7, 11) is 1.54. The van der Waals surface area contributed by atoms with Crippen LogP contribution >= 0.6 is 0 Å². The number of aliphatic hydroxyl groups is 1. The average Bonchev–Trinajstić information content (AvgIpc) is 2.48. The number of aliphatic hydroxyl groups excluding tert-OH is 1. The largest absolute Gasteiger partial charge is 0.481 e. The molecule has 100 valence electrons. The number of nitrogens with zero attached hydrogens (tertiary/aromatic N) is 2. The van der Waals surface area contributed by atoms with Crippen molar-refractivity contribution in [3.8, 4) is 5.88 Å². The lowest BCUT2D eigenvalue weighted by Gasteiger charge is -2.11. The van der Waals surface area contributed by atoms with E-state index in [1.165, 1.54) is 11.9 Å². The highest BCUT2D eigenvalue weighted by Crippen LogP contribution is 2.19. The van der Waals surface area contributed by atoms with E-state index in [2.05, 4.69) is 29.0 Å². The Morgan fingerprint density at radius 1 is 1.16 bits per heavy atom. The van der Waals surface area contributed by atoms with E-state index >= 15 is 0 Å². The van der Waals surface area contributed by atoms with Crippen molar-refractivity contribution in [2.24, 2.45) is 0 Å². The fourth-order valence-electron chi connectivity index (χ4n) is 1.89. The van der Waals surface area contributed by atoms with Crippen LogP contribution in [0.15, 0.2) is 36.7 Å². The Labute approximate surface area is 113 Å². The van der Waals surface area contributed by atoms with E-state index in [1.54, 1.807) is 13.2 Å². The molecule has 1 heterocycles. The van der Waals surface area contributed by atoms with Gasteiger partial charge in [-0.2, -0.15) is 0 Å². The summed E-state index contributed by atoms with van der Waals surface area (Å²) < 4.78 is 5.02. The fourth-order valence-corrected chi connectivity index (χ4v) is 1.89. The smallest absolute Gasteiger partial charge is 0.216 e. The standard InChI is InChI=1S/C15H18N2O2/c1-3-11-4-6-12(7-5-11)8-14(18)13-9-15(19-2)17-10-16-13/h4-7,9-10,14,18H,3,8H2,1-2H3. The third-order valence-corrected chi connectivity index (χ3v) is 3.07. The number of hydrogen-bond donors (Lipinski definition) is 1. The molecule has 2 rings (SSSR count). The van der Waals surface area contributed by atoms with Gasteiger partial charge in [-0.05, 0) is 17.5 Å². The highest BCUT2D eigenvalue weighted by molar-refractivity contribution is 5.24. The predicted molar refractivity (Wildman–Crippen MR) is 73.1 cm³/mol. The summed E-state index contributed by atoms with van der Waals surface area (Å²) in [4.78, 5) is 8.00. The summed E-state index contributed by atoms with van der Waals surface area (Å²) in [5.74, 6) is 0.463. The molecule has 4 nitrogen and oxygen atoms in total. The molecule has 0 fully saturated rings. The summed E-state index contributed by atoms with van der Waals surface area (Å²) >= 11 is 0. The highest BCUT2D eigenvalue weighted by Gasteiger charge is 2.11. The second-order valence-corrected chi connectivity index (χ2v) is 4.38. The van der Waals surface area contributed by atoms with Crippen molar-refractivity contribution >= 4 is 0 Å². The summed E-state index contributed by atoms with van der Waals surface area (Å²) in [5, 5.41) is 10.2. The normalized spacial score (nSPS) is 12.2. The molecule has 0 saturated heterocycles. The first kappa shape index (κ1) is 13.5. The maximum Gasteiger partial charge on any atom is 0.216 e. The molecule has 0 aliphatic carbocycles. The van der Waals surface area contributed by atoms with Crippen LogP contribution in [0, 0.1) is 0 Å². The number of rotatable bonds is 5. The molecule has 1 unspecified atom stereocenters. The number of hydrogen-bond acceptors (Lipinski definition) is 4. The molecule has 1 aromatic carbocycles. The number of methoxy groups -OCH3 is 1. The summed E-state index contributed by atoms with van der Waals surface area (Å²) in [6, 6.07) is 9.91. The van der Waals surface area contributed by atoms with E-state index in [4.69, 9.17) is 4.74 Å². The Hall–Kier alpha value is -1.94. The Bertz CT molecular complexity index is 526. The molecule has 1 N–H and O–H groups in total. The van der Waals surface area contributed by atoms with Gasteiger partial charge in [0.2, 0.25) is 5.88 Å². The Kier molecular flexibility index (Phi) is 4.47. The topological polar surface area (TPSA) is 55.2 Å². The third-order valence-electron chi connectivity index (χ3n) is 3.07. The molecule has 0 bridgehead atoms. The van der Waals surface area contributed by atoms with Gasteiger partial charge in [0.1, 0.15) is 12.4 Å². The molecule has 2 aromatic rings. The molecule has 1 aromatic heterocycles. The zero-order valence-electron chi connectivity index (χ0n) is 11.2. The van der Waals surface area contributed by atoms with E-state index in [9.17, 15) is 5.11 Å². The second kappa shape index (κ2) is 6.29. The molecule has 0 amide bonds. The van der Waals surface area contributed by atoms with Gasteiger partial charge >= 0.3 is 0 Å². The summed E-state index contributed by atoms with van der Waals surface area (Å²) in [5.41, 5.74) is 2.95. The number of benzene rings is 1. The van der Waals surface area contributed by atoms with Crippen molar-refractivity contribution in [3.63, 3.8) is 0 Å². The van der Waals surface area contributed by atoms with Gasteiger partial charge in [-0.1, -0.05) is 31.2 Å². The van der Waals surface area contributed by atoms with Gasteiger partial charge in [-0.15, -0.1) is 0 Å². The van der Waals surface area contributed by atoms with Crippen LogP contribution in [0.4, 0.5) is 0 Å². The molecule has 0 spiro atoms. The van der Waals surface area contributed by atoms with Crippen LogP contribution in [-0.4, -0.2) is 22.2 Å². The van der Waals surface area contributed by atoms with Crippen molar-refractivity contribution in [1.29, 1.82) is 0 Å². The van der Waals surface area contributed by atoms with Crippen LogP contribution in [-0.2, 0) is 12.8 Å². The zero-order valence-corrected chi connectivity index (χ0v) is 11.2. The lowest BCUT2D eigenvalue weighted by Crippen LogP contribution is -2.05. The molecule has 0 radical (unpaired) electrons. The molecule has 1 atom stereocenters. The SMILES string of the molecule is CCc1ccc(CC(O)c2cc(OC)ncn2)cc1.